The van der Waals surface area contributed by atoms with Crippen molar-refractivity contribution in [2.24, 2.45) is 5.92 Å². The maximum atomic E-state index is 6.11. The predicted octanol–water partition coefficient (Wildman–Crippen LogP) is 4.59. The zero-order valence-corrected chi connectivity index (χ0v) is 14.5. The van der Waals surface area contributed by atoms with Crippen LogP contribution in [0.5, 0.6) is 5.75 Å². The lowest BCUT2D eigenvalue weighted by molar-refractivity contribution is 0.257. The van der Waals surface area contributed by atoms with Crippen LogP contribution in [0.1, 0.15) is 30.5 Å². The van der Waals surface area contributed by atoms with Crippen LogP contribution < -0.4 is 4.74 Å². The van der Waals surface area contributed by atoms with E-state index in [9.17, 15) is 0 Å². The summed E-state index contributed by atoms with van der Waals surface area (Å²) in [6, 6.07) is 10.4. The lowest BCUT2D eigenvalue weighted by atomic mass is 10.0. The Balaban J connectivity index is 1.56. The Morgan fingerprint density at radius 2 is 2.25 bits per heavy atom. The zero-order valence-electron chi connectivity index (χ0n) is 13.8. The van der Waals surface area contributed by atoms with Gasteiger partial charge in [0.2, 0.25) is 0 Å². The normalized spacial score (nSPS) is 23.5. The Bertz CT molecular complexity index is 759. The van der Waals surface area contributed by atoms with Crippen molar-refractivity contribution in [1.82, 2.24) is 9.88 Å². The molecular formula is C20H21ClN2O. The second kappa shape index (κ2) is 6.58. The van der Waals surface area contributed by atoms with Gasteiger partial charge in [0.1, 0.15) is 12.4 Å². The monoisotopic (exact) mass is 340 g/mol. The molecule has 1 aromatic heterocycles. The highest BCUT2D eigenvalue weighted by molar-refractivity contribution is 6.30. The summed E-state index contributed by atoms with van der Waals surface area (Å²) < 4.78 is 5.90. The van der Waals surface area contributed by atoms with Crippen molar-refractivity contribution in [3.8, 4) is 5.75 Å². The van der Waals surface area contributed by atoms with Gasteiger partial charge in [0, 0.05) is 42.1 Å². The summed E-state index contributed by atoms with van der Waals surface area (Å²) in [5.41, 5.74) is 3.68. The molecule has 2 atom stereocenters. The molecule has 2 aliphatic rings. The fraction of sp³-hybridized carbons (Fsp3) is 0.350. The molecule has 4 heteroatoms. The van der Waals surface area contributed by atoms with E-state index >= 15 is 0 Å². The molecule has 24 heavy (non-hydrogen) atoms. The van der Waals surface area contributed by atoms with Gasteiger partial charge in [-0.05, 0) is 53.8 Å². The predicted molar refractivity (Wildman–Crippen MR) is 97.3 cm³/mol. The highest BCUT2D eigenvalue weighted by atomic mass is 35.5. The van der Waals surface area contributed by atoms with E-state index in [1.54, 1.807) is 0 Å². The summed E-state index contributed by atoms with van der Waals surface area (Å²) in [6.07, 6.45) is 7.25. The third kappa shape index (κ3) is 3.19. The van der Waals surface area contributed by atoms with Crippen molar-refractivity contribution in [3.05, 3.63) is 64.4 Å². The average molecular weight is 341 g/mol. The van der Waals surface area contributed by atoms with E-state index in [0.29, 0.717) is 18.6 Å². The molecule has 0 bridgehead atoms. The number of rotatable bonds is 3. The van der Waals surface area contributed by atoms with Crippen molar-refractivity contribution in [2.75, 3.05) is 19.7 Å². The minimum atomic E-state index is 0.440. The van der Waals surface area contributed by atoms with Crippen LogP contribution in [-0.4, -0.2) is 29.6 Å². The first kappa shape index (κ1) is 15.7. The maximum absolute atomic E-state index is 6.11. The highest BCUT2D eigenvalue weighted by Crippen LogP contribution is 2.36. The average Bonchev–Trinajstić information content (AvgIpc) is 2.95. The van der Waals surface area contributed by atoms with Gasteiger partial charge in [-0.15, -0.1) is 0 Å². The number of aromatic nitrogens is 1. The van der Waals surface area contributed by atoms with E-state index in [4.69, 9.17) is 16.3 Å². The van der Waals surface area contributed by atoms with Gasteiger partial charge in [0.15, 0.2) is 0 Å². The molecule has 0 radical (unpaired) electrons. The fourth-order valence-electron chi connectivity index (χ4n) is 3.77. The summed E-state index contributed by atoms with van der Waals surface area (Å²) in [7, 11) is 0. The SMILES string of the molecule is CC1CC(c2cccnc2)N(CC2=Cc3cc(Cl)ccc3OC2)C1. The summed E-state index contributed by atoms with van der Waals surface area (Å²) in [4.78, 5) is 6.84. The highest BCUT2D eigenvalue weighted by Gasteiger charge is 2.31. The summed E-state index contributed by atoms with van der Waals surface area (Å²) in [6.45, 7) is 5.01. The molecule has 124 valence electrons. The molecule has 2 unspecified atom stereocenters. The van der Waals surface area contributed by atoms with Gasteiger partial charge in [0.05, 0.1) is 0 Å². The standard InChI is InChI=1S/C20H21ClN2O/c1-14-7-19(16-3-2-6-22-10-16)23(11-14)12-15-8-17-9-18(21)4-5-20(17)24-13-15/h2-6,8-10,14,19H,7,11-13H2,1H3. The first-order valence-corrected chi connectivity index (χ1v) is 8.82. The van der Waals surface area contributed by atoms with E-state index in [1.165, 1.54) is 17.6 Å². The maximum Gasteiger partial charge on any atom is 0.127 e. The van der Waals surface area contributed by atoms with Crippen molar-refractivity contribution in [1.29, 1.82) is 0 Å². The van der Waals surface area contributed by atoms with Crippen LogP contribution in [0, 0.1) is 5.92 Å². The number of hydrogen-bond donors (Lipinski definition) is 0. The third-order valence-corrected chi connectivity index (χ3v) is 5.07. The molecule has 0 saturated carbocycles. The first-order chi connectivity index (χ1) is 11.7. The summed E-state index contributed by atoms with van der Waals surface area (Å²) in [5, 5.41) is 0.748. The van der Waals surface area contributed by atoms with Gasteiger partial charge in [-0.25, -0.2) is 0 Å². The fourth-order valence-corrected chi connectivity index (χ4v) is 3.96. The number of ether oxygens (including phenoxy) is 1. The Morgan fingerprint density at radius 1 is 1.33 bits per heavy atom. The molecule has 3 heterocycles. The molecule has 3 nitrogen and oxygen atoms in total. The van der Waals surface area contributed by atoms with Gasteiger partial charge in [-0.1, -0.05) is 24.6 Å². The van der Waals surface area contributed by atoms with Crippen molar-refractivity contribution in [2.45, 2.75) is 19.4 Å². The minimum absolute atomic E-state index is 0.440. The first-order valence-electron chi connectivity index (χ1n) is 8.45. The molecule has 0 amide bonds. The lowest BCUT2D eigenvalue weighted by Gasteiger charge is -2.27. The number of nitrogens with zero attached hydrogens (tertiary/aromatic N) is 2. The molecule has 2 aromatic rings. The topological polar surface area (TPSA) is 25.4 Å². The number of likely N-dealkylation sites (tertiary alicyclic amines) is 1. The van der Waals surface area contributed by atoms with Gasteiger partial charge in [-0.2, -0.15) is 0 Å². The number of fused-ring (bicyclic) bond motifs is 1. The Kier molecular flexibility index (Phi) is 4.30. The Labute approximate surface area is 147 Å². The smallest absolute Gasteiger partial charge is 0.127 e. The van der Waals surface area contributed by atoms with Crippen molar-refractivity contribution >= 4 is 17.7 Å². The minimum Gasteiger partial charge on any atom is -0.489 e. The van der Waals surface area contributed by atoms with Gasteiger partial charge < -0.3 is 4.74 Å². The lowest BCUT2D eigenvalue weighted by Crippen LogP contribution is -2.28. The van der Waals surface area contributed by atoms with E-state index < -0.39 is 0 Å². The van der Waals surface area contributed by atoms with E-state index in [2.05, 4.69) is 29.0 Å². The molecular weight excluding hydrogens is 320 g/mol. The second-order valence-corrected chi connectivity index (χ2v) is 7.28. The molecule has 1 fully saturated rings. The van der Waals surface area contributed by atoms with Gasteiger partial charge in [-0.3, -0.25) is 9.88 Å². The van der Waals surface area contributed by atoms with Crippen LogP contribution in [0.2, 0.25) is 5.02 Å². The Morgan fingerprint density at radius 3 is 3.08 bits per heavy atom. The quantitative estimate of drug-likeness (QED) is 0.816. The zero-order chi connectivity index (χ0) is 16.5. The van der Waals surface area contributed by atoms with Crippen molar-refractivity contribution < 1.29 is 4.74 Å². The van der Waals surface area contributed by atoms with Gasteiger partial charge in [0.25, 0.3) is 0 Å². The Hall–Kier alpha value is -1.84. The van der Waals surface area contributed by atoms with E-state index in [1.807, 2.05) is 36.7 Å². The summed E-state index contributed by atoms with van der Waals surface area (Å²) >= 11 is 6.11. The molecule has 0 spiro atoms. The number of halogens is 1. The molecule has 1 aromatic carbocycles. The molecule has 0 N–H and O–H groups in total. The van der Waals surface area contributed by atoms with E-state index in [-0.39, 0.29) is 0 Å². The number of pyridine rings is 1. The van der Waals surface area contributed by atoms with Crippen LogP contribution in [0.15, 0.2) is 48.3 Å². The molecule has 1 saturated heterocycles. The number of hydrogen-bond acceptors (Lipinski definition) is 3. The van der Waals surface area contributed by atoms with Crippen LogP contribution in [-0.2, 0) is 0 Å². The van der Waals surface area contributed by atoms with Crippen LogP contribution in [0.4, 0.5) is 0 Å². The van der Waals surface area contributed by atoms with Crippen LogP contribution >= 0.6 is 11.6 Å². The molecule has 2 aliphatic heterocycles. The molecule has 4 rings (SSSR count). The van der Waals surface area contributed by atoms with E-state index in [0.717, 1.165) is 29.4 Å². The second-order valence-electron chi connectivity index (χ2n) is 6.85. The third-order valence-electron chi connectivity index (χ3n) is 4.83. The molecule has 0 aliphatic carbocycles. The largest absolute Gasteiger partial charge is 0.489 e. The number of benzene rings is 1. The van der Waals surface area contributed by atoms with Crippen LogP contribution in [0.25, 0.3) is 6.08 Å². The van der Waals surface area contributed by atoms with Gasteiger partial charge >= 0.3 is 0 Å². The summed E-state index contributed by atoms with van der Waals surface area (Å²) in [5.74, 6) is 1.61. The van der Waals surface area contributed by atoms with Crippen LogP contribution in [0.3, 0.4) is 0 Å². The van der Waals surface area contributed by atoms with Crippen molar-refractivity contribution in [3.63, 3.8) is 0 Å².